The van der Waals surface area contributed by atoms with Gasteiger partial charge < -0.3 is 29.2 Å². The van der Waals surface area contributed by atoms with Crippen molar-refractivity contribution < 1.29 is 19.1 Å². The minimum Gasteiger partial charge on any atom is -0.493 e. The van der Waals surface area contributed by atoms with Crippen LogP contribution in [0.25, 0.3) is 27.7 Å². The second kappa shape index (κ2) is 11.9. The largest absolute Gasteiger partial charge is 0.493 e. The number of rotatable bonds is 6. The number of nitrogens with one attached hydrogen (secondary N) is 1. The van der Waals surface area contributed by atoms with Gasteiger partial charge in [-0.05, 0) is 42.1 Å². The predicted molar refractivity (Wildman–Crippen MR) is 169 cm³/mol. The highest BCUT2D eigenvalue weighted by atomic mass is 16.5. The number of urea groups is 1. The number of nitrogens with zero attached hydrogens (tertiary/aromatic N) is 3. The van der Waals surface area contributed by atoms with Gasteiger partial charge in [0.05, 0.1) is 31.2 Å². The maximum atomic E-state index is 13.9. The SMILES string of the molecule is COc1ccc(-n2c(-c3ccccc3)cc(C(=O)N3CCN(C(=O)Nc4cccc5ccccc45)CC3)c2C)cc1OC. The van der Waals surface area contributed by atoms with Crippen LogP contribution >= 0.6 is 0 Å². The van der Waals surface area contributed by atoms with Crippen molar-refractivity contribution in [3.8, 4) is 28.4 Å². The quantitative estimate of drug-likeness (QED) is 0.248. The first-order valence-electron chi connectivity index (χ1n) is 14.3. The van der Waals surface area contributed by atoms with Crippen molar-refractivity contribution in [1.82, 2.24) is 14.4 Å². The van der Waals surface area contributed by atoms with Crippen molar-refractivity contribution in [2.75, 3.05) is 45.7 Å². The van der Waals surface area contributed by atoms with Gasteiger partial charge in [0.25, 0.3) is 5.91 Å². The summed E-state index contributed by atoms with van der Waals surface area (Å²) in [6.45, 7) is 3.75. The van der Waals surface area contributed by atoms with Crippen molar-refractivity contribution in [1.29, 1.82) is 0 Å². The molecule has 0 spiro atoms. The summed E-state index contributed by atoms with van der Waals surface area (Å²) < 4.78 is 13.1. The molecule has 1 N–H and O–H groups in total. The van der Waals surface area contributed by atoms with Gasteiger partial charge in [0.15, 0.2) is 11.5 Å². The molecule has 1 aliphatic heterocycles. The molecular formula is C35H34N4O4. The van der Waals surface area contributed by atoms with Gasteiger partial charge in [-0.3, -0.25) is 4.79 Å². The summed E-state index contributed by atoms with van der Waals surface area (Å²) in [6, 6.07) is 31.4. The molecule has 3 amide bonds. The van der Waals surface area contributed by atoms with Crippen LogP contribution < -0.4 is 14.8 Å². The van der Waals surface area contributed by atoms with Gasteiger partial charge >= 0.3 is 6.03 Å². The van der Waals surface area contributed by atoms with Gasteiger partial charge in [-0.1, -0.05) is 66.7 Å². The van der Waals surface area contributed by atoms with Gasteiger partial charge in [0.2, 0.25) is 0 Å². The zero-order valence-corrected chi connectivity index (χ0v) is 24.5. The number of carbonyl (C=O) groups excluding carboxylic acids is 2. The van der Waals surface area contributed by atoms with E-state index in [2.05, 4.69) is 9.88 Å². The zero-order valence-electron chi connectivity index (χ0n) is 24.5. The fraction of sp³-hybridized carbons (Fsp3) is 0.200. The molecule has 0 atom stereocenters. The lowest BCUT2D eigenvalue weighted by Crippen LogP contribution is -2.51. The topological polar surface area (TPSA) is 76.0 Å². The molecule has 43 heavy (non-hydrogen) atoms. The second-order valence-electron chi connectivity index (χ2n) is 10.5. The fourth-order valence-electron chi connectivity index (χ4n) is 5.75. The Morgan fingerprint density at radius 3 is 2.14 bits per heavy atom. The number of hydrogen-bond acceptors (Lipinski definition) is 4. The third kappa shape index (κ3) is 5.39. The predicted octanol–water partition coefficient (Wildman–Crippen LogP) is 6.61. The number of anilines is 1. The first-order valence-corrected chi connectivity index (χ1v) is 14.3. The van der Waals surface area contributed by atoms with E-state index in [1.165, 1.54) is 0 Å². The number of hydrogen-bond donors (Lipinski definition) is 1. The molecule has 1 fully saturated rings. The monoisotopic (exact) mass is 574 g/mol. The average molecular weight is 575 g/mol. The first kappa shape index (κ1) is 27.9. The number of fused-ring (bicyclic) bond motifs is 1. The standard InChI is InChI=1S/C35H34N4O4/c1-24-29(23-31(26-11-5-4-6-12-26)39(24)27-16-17-32(42-2)33(22-27)43-3)34(40)37-18-20-38(21-19-37)35(41)36-30-15-9-13-25-10-7-8-14-28(25)30/h4-17,22-23H,18-21H2,1-3H3,(H,36,41). The highest BCUT2D eigenvalue weighted by Gasteiger charge is 2.28. The van der Waals surface area contributed by atoms with Crippen LogP contribution in [0.4, 0.5) is 10.5 Å². The molecule has 1 saturated heterocycles. The maximum absolute atomic E-state index is 13.9. The number of aromatic nitrogens is 1. The van der Waals surface area contributed by atoms with Crippen LogP contribution in [-0.2, 0) is 0 Å². The minimum atomic E-state index is -0.161. The molecule has 1 aromatic heterocycles. The van der Waals surface area contributed by atoms with Crippen LogP contribution in [0.15, 0.2) is 97.1 Å². The van der Waals surface area contributed by atoms with Crippen LogP contribution in [0.1, 0.15) is 16.1 Å². The summed E-state index contributed by atoms with van der Waals surface area (Å²) in [5.41, 5.74) is 5.00. The van der Waals surface area contributed by atoms with Crippen molar-refractivity contribution in [3.05, 3.63) is 108 Å². The van der Waals surface area contributed by atoms with Crippen molar-refractivity contribution in [2.45, 2.75) is 6.92 Å². The summed E-state index contributed by atoms with van der Waals surface area (Å²) in [5, 5.41) is 5.13. The van der Waals surface area contributed by atoms with Crippen LogP contribution in [0.2, 0.25) is 0 Å². The Kier molecular flexibility index (Phi) is 7.75. The zero-order chi connectivity index (χ0) is 29.9. The molecule has 6 rings (SSSR count). The minimum absolute atomic E-state index is 0.0528. The normalized spacial score (nSPS) is 13.2. The summed E-state index contributed by atoms with van der Waals surface area (Å²) in [7, 11) is 3.22. The third-order valence-corrected chi connectivity index (χ3v) is 8.06. The molecule has 218 valence electrons. The average Bonchev–Trinajstić information content (AvgIpc) is 3.41. The first-order chi connectivity index (χ1) is 21.0. The lowest BCUT2D eigenvalue weighted by molar-refractivity contribution is 0.0671. The summed E-state index contributed by atoms with van der Waals surface area (Å²) in [5.74, 6) is 1.19. The van der Waals surface area contributed by atoms with E-state index in [4.69, 9.17) is 9.47 Å². The Bertz CT molecular complexity index is 1780. The van der Waals surface area contributed by atoms with Crippen LogP contribution in [0.5, 0.6) is 11.5 Å². The molecule has 8 nitrogen and oxygen atoms in total. The Balaban J connectivity index is 1.23. The number of methoxy groups -OCH3 is 2. The number of benzene rings is 4. The van der Waals surface area contributed by atoms with E-state index < -0.39 is 0 Å². The second-order valence-corrected chi connectivity index (χ2v) is 10.5. The van der Waals surface area contributed by atoms with E-state index in [0.717, 1.165) is 39.1 Å². The molecular weight excluding hydrogens is 540 g/mol. The summed E-state index contributed by atoms with van der Waals surface area (Å²) in [6.07, 6.45) is 0. The Morgan fingerprint density at radius 1 is 0.721 bits per heavy atom. The van der Waals surface area contributed by atoms with E-state index in [1.54, 1.807) is 19.1 Å². The number of ether oxygens (including phenoxy) is 2. The van der Waals surface area contributed by atoms with Crippen LogP contribution in [-0.4, -0.2) is 66.7 Å². The van der Waals surface area contributed by atoms with Gasteiger partial charge in [0, 0.05) is 49.0 Å². The van der Waals surface area contributed by atoms with E-state index in [1.807, 2.05) is 109 Å². The Labute approximate surface area is 251 Å². The van der Waals surface area contributed by atoms with Gasteiger partial charge in [-0.2, -0.15) is 0 Å². The van der Waals surface area contributed by atoms with Gasteiger partial charge in [-0.15, -0.1) is 0 Å². The lowest BCUT2D eigenvalue weighted by Gasteiger charge is -2.34. The summed E-state index contributed by atoms with van der Waals surface area (Å²) >= 11 is 0. The number of amides is 3. The smallest absolute Gasteiger partial charge is 0.321 e. The van der Waals surface area contributed by atoms with E-state index >= 15 is 0 Å². The molecule has 2 heterocycles. The molecule has 4 aromatic carbocycles. The molecule has 0 unspecified atom stereocenters. The number of piperazine rings is 1. The highest BCUT2D eigenvalue weighted by Crippen LogP contribution is 2.35. The van der Waals surface area contributed by atoms with E-state index in [0.29, 0.717) is 43.2 Å². The lowest BCUT2D eigenvalue weighted by atomic mass is 10.1. The highest BCUT2D eigenvalue weighted by molar-refractivity contribution is 6.02. The van der Waals surface area contributed by atoms with E-state index in [9.17, 15) is 9.59 Å². The van der Waals surface area contributed by atoms with Crippen molar-refractivity contribution in [2.24, 2.45) is 0 Å². The fourth-order valence-corrected chi connectivity index (χ4v) is 5.75. The van der Waals surface area contributed by atoms with E-state index in [-0.39, 0.29) is 11.9 Å². The van der Waals surface area contributed by atoms with Gasteiger partial charge in [0.1, 0.15) is 0 Å². The third-order valence-electron chi connectivity index (χ3n) is 8.06. The van der Waals surface area contributed by atoms with Crippen LogP contribution in [0.3, 0.4) is 0 Å². The maximum Gasteiger partial charge on any atom is 0.321 e. The Morgan fingerprint density at radius 2 is 1.40 bits per heavy atom. The summed E-state index contributed by atoms with van der Waals surface area (Å²) in [4.78, 5) is 30.7. The Hall–Kier alpha value is -5.24. The van der Waals surface area contributed by atoms with Crippen molar-refractivity contribution in [3.63, 3.8) is 0 Å². The molecule has 0 aliphatic carbocycles. The molecule has 8 heteroatoms. The molecule has 0 saturated carbocycles. The molecule has 0 radical (unpaired) electrons. The molecule has 5 aromatic rings. The number of carbonyl (C=O) groups is 2. The molecule has 1 aliphatic rings. The van der Waals surface area contributed by atoms with Crippen molar-refractivity contribution >= 4 is 28.4 Å². The molecule has 0 bridgehead atoms. The van der Waals surface area contributed by atoms with Gasteiger partial charge in [-0.25, -0.2) is 4.79 Å². The van der Waals surface area contributed by atoms with Crippen LogP contribution in [0, 0.1) is 6.92 Å².